The first-order chi connectivity index (χ1) is 10.2. The van der Waals surface area contributed by atoms with Crippen LogP contribution in [-0.4, -0.2) is 15.6 Å². The zero-order valence-corrected chi connectivity index (χ0v) is 11.5. The highest BCUT2D eigenvalue weighted by molar-refractivity contribution is 5.43. The summed E-state index contributed by atoms with van der Waals surface area (Å²) in [4.78, 5) is 4.15. The average Bonchev–Trinajstić information content (AvgIpc) is 2.94. The number of anilines is 1. The molecule has 0 bridgehead atoms. The van der Waals surface area contributed by atoms with Gasteiger partial charge in [0.25, 0.3) is 0 Å². The average molecular weight is 295 g/mol. The molecular weight excluding hydrogens is 279 g/mol. The number of aromatic nitrogens is 2. The molecule has 0 atom stereocenters. The van der Waals surface area contributed by atoms with Crippen LogP contribution in [-0.2, 0) is 0 Å². The van der Waals surface area contributed by atoms with Crippen molar-refractivity contribution in [3.05, 3.63) is 42.0 Å². The molecule has 1 aliphatic rings. The van der Waals surface area contributed by atoms with Crippen LogP contribution in [0.5, 0.6) is 0 Å². The molecule has 0 unspecified atom stereocenters. The summed E-state index contributed by atoms with van der Waals surface area (Å²) in [6, 6.07) is 2.41. The Hall–Kier alpha value is -1.98. The predicted molar refractivity (Wildman–Crippen MR) is 73.9 cm³/mol. The molecule has 21 heavy (non-hydrogen) atoms. The van der Waals surface area contributed by atoms with Gasteiger partial charge in [0, 0.05) is 18.4 Å². The van der Waals surface area contributed by atoms with E-state index < -0.39 is 17.5 Å². The summed E-state index contributed by atoms with van der Waals surface area (Å²) in [5.74, 6) is -3.42. The molecule has 0 spiro atoms. The Morgan fingerprint density at radius 3 is 2.57 bits per heavy atom. The molecule has 1 aromatic carbocycles. The fourth-order valence-electron chi connectivity index (χ4n) is 2.74. The van der Waals surface area contributed by atoms with Crippen molar-refractivity contribution in [2.45, 2.75) is 38.1 Å². The summed E-state index contributed by atoms with van der Waals surface area (Å²) in [6.45, 7) is 0. The van der Waals surface area contributed by atoms with Crippen LogP contribution >= 0.6 is 0 Å². The molecule has 0 radical (unpaired) electrons. The van der Waals surface area contributed by atoms with E-state index >= 15 is 0 Å². The molecule has 1 N–H and O–H groups in total. The minimum absolute atomic E-state index is 0.0512. The van der Waals surface area contributed by atoms with Gasteiger partial charge in [-0.15, -0.1) is 0 Å². The lowest BCUT2D eigenvalue weighted by Gasteiger charge is -2.23. The normalized spacial score (nSPS) is 16.1. The third kappa shape index (κ3) is 2.75. The minimum atomic E-state index is -1.47. The zero-order chi connectivity index (χ0) is 14.8. The number of benzene rings is 1. The van der Waals surface area contributed by atoms with Crippen LogP contribution in [0.25, 0.3) is 5.69 Å². The molecule has 0 saturated heterocycles. The van der Waals surface area contributed by atoms with Crippen molar-refractivity contribution in [3.8, 4) is 5.69 Å². The monoisotopic (exact) mass is 295 g/mol. The Morgan fingerprint density at radius 1 is 1.05 bits per heavy atom. The lowest BCUT2D eigenvalue weighted by atomic mass is 9.96. The van der Waals surface area contributed by atoms with E-state index in [1.54, 1.807) is 0 Å². The highest BCUT2D eigenvalue weighted by Crippen LogP contribution is 2.25. The maximum absolute atomic E-state index is 13.9. The highest BCUT2D eigenvalue weighted by atomic mass is 19.2. The van der Waals surface area contributed by atoms with Crippen molar-refractivity contribution in [1.82, 2.24) is 9.55 Å². The maximum Gasteiger partial charge on any atom is 0.207 e. The summed E-state index contributed by atoms with van der Waals surface area (Å²) >= 11 is 0. The van der Waals surface area contributed by atoms with Crippen LogP contribution in [0.1, 0.15) is 32.1 Å². The molecule has 0 amide bonds. The molecule has 3 rings (SSSR count). The van der Waals surface area contributed by atoms with Crippen molar-refractivity contribution in [3.63, 3.8) is 0 Å². The second-order valence-electron chi connectivity index (χ2n) is 5.29. The molecule has 112 valence electrons. The van der Waals surface area contributed by atoms with Gasteiger partial charge in [0.2, 0.25) is 5.95 Å². The first kappa shape index (κ1) is 14.0. The van der Waals surface area contributed by atoms with E-state index in [-0.39, 0.29) is 11.7 Å². The Bertz CT molecular complexity index is 633. The van der Waals surface area contributed by atoms with Gasteiger partial charge in [0.1, 0.15) is 0 Å². The number of rotatable bonds is 3. The maximum atomic E-state index is 13.9. The number of halogens is 3. The predicted octanol–water partition coefficient (Wildman–Crippen LogP) is 4.03. The second kappa shape index (κ2) is 5.79. The van der Waals surface area contributed by atoms with Crippen LogP contribution in [0.3, 0.4) is 0 Å². The van der Waals surface area contributed by atoms with Gasteiger partial charge in [-0.3, -0.25) is 4.57 Å². The summed E-state index contributed by atoms with van der Waals surface area (Å²) < 4.78 is 41.7. The first-order valence-electron chi connectivity index (χ1n) is 7.10. The van der Waals surface area contributed by atoms with Crippen molar-refractivity contribution in [1.29, 1.82) is 0 Å². The Balaban J connectivity index is 1.90. The standard InChI is InChI=1S/C15H16F3N3/c16-11-6-7-12(14(18)13(11)17)21-9-8-19-15(21)20-10-4-2-1-3-5-10/h6-10H,1-5H2,(H,19,20). The minimum Gasteiger partial charge on any atom is -0.353 e. The van der Waals surface area contributed by atoms with Gasteiger partial charge >= 0.3 is 0 Å². The summed E-state index contributed by atoms with van der Waals surface area (Å²) in [7, 11) is 0. The topological polar surface area (TPSA) is 29.9 Å². The van der Waals surface area contributed by atoms with E-state index in [1.165, 1.54) is 29.4 Å². The molecule has 2 aromatic rings. The van der Waals surface area contributed by atoms with E-state index in [2.05, 4.69) is 10.3 Å². The largest absolute Gasteiger partial charge is 0.353 e. The van der Waals surface area contributed by atoms with E-state index in [0.29, 0.717) is 5.95 Å². The van der Waals surface area contributed by atoms with Gasteiger partial charge in [0.05, 0.1) is 5.69 Å². The van der Waals surface area contributed by atoms with E-state index in [4.69, 9.17) is 0 Å². The van der Waals surface area contributed by atoms with Crippen molar-refractivity contribution < 1.29 is 13.2 Å². The smallest absolute Gasteiger partial charge is 0.207 e. The Morgan fingerprint density at radius 2 is 1.81 bits per heavy atom. The fourth-order valence-corrected chi connectivity index (χ4v) is 2.74. The molecule has 1 aliphatic carbocycles. The molecule has 1 heterocycles. The summed E-state index contributed by atoms with van der Waals surface area (Å²) in [5.41, 5.74) is -0.0512. The molecule has 6 heteroatoms. The quantitative estimate of drug-likeness (QED) is 0.866. The van der Waals surface area contributed by atoms with Crippen molar-refractivity contribution in [2.75, 3.05) is 5.32 Å². The fraction of sp³-hybridized carbons (Fsp3) is 0.400. The van der Waals surface area contributed by atoms with Gasteiger partial charge < -0.3 is 5.32 Å². The summed E-state index contributed by atoms with van der Waals surface area (Å²) in [6.07, 6.45) is 8.63. The second-order valence-corrected chi connectivity index (χ2v) is 5.29. The molecule has 1 aromatic heterocycles. The molecule has 1 saturated carbocycles. The third-order valence-electron chi connectivity index (χ3n) is 3.85. The lowest BCUT2D eigenvalue weighted by molar-refractivity contribution is 0.444. The van der Waals surface area contributed by atoms with Gasteiger partial charge in [-0.05, 0) is 25.0 Å². The lowest BCUT2D eigenvalue weighted by Crippen LogP contribution is -2.24. The zero-order valence-electron chi connectivity index (χ0n) is 11.5. The van der Waals surface area contributed by atoms with Gasteiger partial charge in [-0.1, -0.05) is 19.3 Å². The number of hydrogen-bond acceptors (Lipinski definition) is 2. The van der Waals surface area contributed by atoms with Gasteiger partial charge in [0.15, 0.2) is 17.5 Å². The van der Waals surface area contributed by atoms with Crippen LogP contribution in [0.2, 0.25) is 0 Å². The van der Waals surface area contributed by atoms with Crippen molar-refractivity contribution in [2.24, 2.45) is 0 Å². The number of nitrogens with zero attached hydrogens (tertiary/aromatic N) is 2. The summed E-state index contributed by atoms with van der Waals surface area (Å²) in [5, 5.41) is 3.26. The number of nitrogens with one attached hydrogen (secondary N) is 1. The van der Waals surface area contributed by atoms with E-state index in [9.17, 15) is 13.2 Å². The van der Waals surface area contributed by atoms with Gasteiger partial charge in [-0.25, -0.2) is 18.2 Å². The number of hydrogen-bond donors (Lipinski definition) is 1. The van der Waals surface area contributed by atoms with Crippen molar-refractivity contribution >= 4 is 5.95 Å². The van der Waals surface area contributed by atoms with Crippen LogP contribution in [0, 0.1) is 17.5 Å². The van der Waals surface area contributed by atoms with Crippen LogP contribution in [0.15, 0.2) is 24.5 Å². The molecule has 3 nitrogen and oxygen atoms in total. The number of imidazole rings is 1. The SMILES string of the molecule is Fc1ccc(-n2ccnc2NC2CCCCC2)c(F)c1F. The molecular formula is C15H16F3N3. The first-order valence-corrected chi connectivity index (χ1v) is 7.10. The Kier molecular flexibility index (Phi) is 3.86. The van der Waals surface area contributed by atoms with Crippen LogP contribution in [0.4, 0.5) is 19.1 Å². The Labute approximate surface area is 120 Å². The van der Waals surface area contributed by atoms with Gasteiger partial charge in [-0.2, -0.15) is 0 Å². The molecule has 1 fully saturated rings. The van der Waals surface area contributed by atoms with E-state index in [0.717, 1.165) is 31.7 Å². The molecule has 0 aliphatic heterocycles. The van der Waals surface area contributed by atoms with Crippen LogP contribution < -0.4 is 5.32 Å². The van der Waals surface area contributed by atoms with E-state index in [1.807, 2.05) is 0 Å². The third-order valence-corrected chi connectivity index (χ3v) is 3.85. The highest BCUT2D eigenvalue weighted by Gasteiger charge is 2.19.